The van der Waals surface area contributed by atoms with Gasteiger partial charge in [0.25, 0.3) is 0 Å². The van der Waals surface area contributed by atoms with Crippen molar-refractivity contribution in [3.8, 4) is 0 Å². The molecule has 1 unspecified atom stereocenters. The van der Waals surface area contributed by atoms with Crippen LogP contribution in [0.4, 0.5) is 0 Å². The minimum atomic E-state index is -0.147. The average Bonchev–Trinajstić information content (AvgIpc) is 2.85. The largest absolute Gasteiger partial charge is 0.373 e. The van der Waals surface area contributed by atoms with Crippen molar-refractivity contribution in [3.63, 3.8) is 0 Å². The molecule has 2 nitrogen and oxygen atoms in total. The molecule has 3 heteroatoms. The fraction of sp³-hybridized carbons (Fsp3) is 0.733. The van der Waals surface area contributed by atoms with Crippen LogP contribution in [0.15, 0.2) is 16.8 Å². The Labute approximate surface area is 115 Å². The Kier molecular flexibility index (Phi) is 4.15. The van der Waals surface area contributed by atoms with E-state index < -0.39 is 0 Å². The third kappa shape index (κ3) is 2.79. The number of ether oxygens (including phenoxy) is 1. The van der Waals surface area contributed by atoms with Crippen LogP contribution in [0.3, 0.4) is 0 Å². The van der Waals surface area contributed by atoms with Crippen LogP contribution < -0.4 is 5.73 Å². The van der Waals surface area contributed by atoms with Crippen LogP contribution in [0.5, 0.6) is 0 Å². The summed E-state index contributed by atoms with van der Waals surface area (Å²) in [6.07, 6.45) is 4.55. The van der Waals surface area contributed by atoms with Crippen molar-refractivity contribution in [2.45, 2.75) is 58.1 Å². The lowest BCUT2D eigenvalue weighted by atomic mass is 9.68. The van der Waals surface area contributed by atoms with E-state index in [0.29, 0.717) is 5.41 Å². The predicted molar refractivity (Wildman–Crippen MR) is 77.9 cm³/mol. The molecule has 2 rings (SSSR count). The molecule has 1 aliphatic rings. The first kappa shape index (κ1) is 14.0. The summed E-state index contributed by atoms with van der Waals surface area (Å²) in [6.45, 7) is 7.51. The molecule has 0 aromatic carbocycles. The maximum atomic E-state index is 6.51. The molecule has 0 bridgehead atoms. The maximum Gasteiger partial charge on any atom is 0.0874 e. The molecule has 0 radical (unpaired) electrons. The summed E-state index contributed by atoms with van der Waals surface area (Å²) in [5, 5.41) is 4.26. The minimum absolute atomic E-state index is 0.0137. The fourth-order valence-corrected chi connectivity index (χ4v) is 3.63. The fourth-order valence-electron chi connectivity index (χ4n) is 2.94. The molecule has 1 saturated carbocycles. The van der Waals surface area contributed by atoms with Gasteiger partial charge in [0.1, 0.15) is 0 Å². The molecule has 1 atom stereocenters. The maximum absolute atomic E-state index is 6.51. The summed E-state index contributed by atoms with van der Waals surface area (Å²) in [4.78, 5) is 0. The highest BCUT2D eigenvalue weighted by Crippen LogP contribution is 2.47. The van der Waals surface area contributed by atoms with Crippen molar-refractivity contribution in [1.29, 1.82) is 0 Å². The van der Waals surface area contributed by atoms with Gasteiger partial charge >= 0.3 is 0 Å². The summed E-state index contributed by atoms with van der Waals surface area (Å²) in [6, 6.07) is 2.15. The minimum Gasteiger partial charge on any atom is -0.373 e. The second kappa shape index (κ2) is 5.32. The molecule has 1 fully saturated rings. The molecule has 102 valence electrons. The van der Waals surface area contributed by atoms with Crippen molar-refractivity contribution < 1.29 is 4.74 Å². The van der Waals surface area contributed by atoms with Crippen molar-refractivity contribution in [3.05, 3.63) is 22.4 Å². The number of hydrogen-bond acceptors (Lipinski definition) is 3. The lowest BCUT2D eigenvalue weighted by Gasteiger charge is -2.46. The van der Waals surface area contributed by atoms with Gasteiger partial charge in [-0.15, -0.1) is 0 Å². The summed E-state index contributed by atoms with van der Waals surface area (Å²) in [5.74, 6) is 0. The van der Waals surface area contributed by atoms with E-state index in [1.54, 1.807) is 11.3 Å². The Morgan fingerprint density at radius 1 is 1.33 bits per heavy atom. The zero-order valence-electron chi connectivity index (χ0n) is 11.7. The van der Waals surface area contributed by atoms with E-state index in [2.05, 4.69) is 37.6 Å². The van der Waals surface area contributed by atoms with Gasteiger partial charge in [0.15, 0.2) is 0 Å². The SMILES string of the molecule is CCOC1(C(N)c2ccsc2)CCC(C)(C)CC1. The van der Waals surface area contributed by atoms with Crippen molar-refractivity contribution in [1.82, 2.24) is 0 Å². The van der Waals surface area contributed by atoms with E-state index >= 15 is 0 Å². The highest BCUT2D eigenvalue weighted by atomic mass is 32.1. The van der Waals surface area contributed by atoms with Crippen molar-refractivity contribution in [2.24, 2.45) is 11.1 Å². The van der Waals surface area contributed by atoms with Gasteiger partial charge in [-0.25, -0.2) is 0 Å². The van der Waals surface area contributed by atoms with Gasteiger partial charge in [-0.2, -0.15) is 11.3 Å². The number of rotatable bonds is 4. The topological polar surface area (TPSA) is 35.2 Å². The van der Waals surface area contributed by atoms with Gasteiger partial charge in [0.05, 0.1) is 11.6 Å². The van der Waals surface area contributed by atoms with Gasteiger partial charge in [-0.3, -0.25) is 0 Å². The normalized spacial score (nSPS) is 23.8. The highest BCUT2D eigenvalue weighted by molar-refractivity contribution is 7.07. The number of thiophene rings is 1. The van der Waals surface area contributed by atoms with Crippen molar-refractivity contribution in [2.75, 3.05) is 6.61 Å². The molecule has 0 saturated heterocycles. The Hall–Kier alpha value is -0.380. The molecule has 1 heterocycles. The molecule has 1 aliphatic carbocycles. The van der Waals surface area contributed by atoms with Gasteiger partial charge in [-0.05, 0) is 60.4 Å². The van der Waals surface area contributed by atoms with Gasteiger partial charge in [-0.1, -0.05) is 13.8 Å². The molecule has 18 heavy (non-hydrogen) atoms. The van der Waals surface area contributed by atoms with E-state index in [1.807, 2.05) is 0 Å². The zero-order chi connectivity index (χ0) is 13.2. The van der Waals surface area contributed by atoms with E-state index in [4.69, 9.17) is 10.5 Å². The first-order valence-corrected chi connectivity index (χ1v) is 7.85. The molecule has 0 spiro atoms. The Bertz CT molecular complexity index is 362. The summed E-state index contributed by atoms with van der Waals surface area (Å²) >= 11 is 1.71. The first-order valence-electron chi connectivity index (χ1n) is 6.91. The lowest BCUT2D eigenvalue weighted by molar-refractivity contribution is -0.1000. The summed E-state index contributed by atoms with van der Waals surface area (Å²) in [5.41, 5.74) is 8.03. The standard InChI is InChI=1S/C15H25NOS/c1-4-17-15(8-6-14(2,3)7-9-15)13(16)12-5-10-18-11-12/h5,10-11,13H,4,6-9,16H2,1-3H3. The van der Waals surface area contributed by atoms with E-state index in [9.17, 15) is 0 Å². The Morgan fingerprint density at radius 2 is 2.00 bits per heavy atom. The molecule has 0 aliphatic heterocycles. The lowest BCUT2D eigenvalue weighted by Crippen LogP contribution is -2.47. The smallest absolute Gasteiger partial charge is 0.0874 e. The van der Waals surface area contributed by atoms with Crippen LogP contribution in [0.2, 0.25) is 0 Å². The highest BCUT2D eigenvalue weighted by Gasteiger charge is 2.43. The summed E-state index contributed by atoms with van der Waals surface area (Å²) in [7, 11) is 0. The van der Waals surface area contributed by atoms with Crippen LogP contribution in [0.1, 0.15) is 58.1 Å². The number of hydrogen-bond donors (Lipinski definition) is 1. The van der Waals surface area contributed by atoms with Gasteiger partial charge in [0, 0.05) is 6.61 Å². The zero-order valence-corrected chi connectivity index (χ0v) is 12.6. The van der Waals surface area contributed by atoms with Crippen LogP contribution in [0.25, 0.3) is 0 Å². The van der Waals surface area contributed by atoms with E-state index in [1.165, 1.54) is 18.4 Å². The second-order valence-corrected chi connectivity index (χ2v) is 6.98. The van der Waals surface area contributed by atoms with Crippen LogP contribution in [-0.2, 0) is 4.74 Å². The molecule has 0 amide bonds. The predicted octanol–water partition coefficient (Wildman–Crippen LogP) is 4.12. The van der Waals surface area contributed by atoms with E-state index in [0.717, 1.165) is 19.4 Å². The van der Waals surface area contributed by atoms with Crippen LogP contribution in [0, 0.1) is 5.41 Å². The van der Waals surface area contributed by atoms with Gasteiger partial charge < -0.3 is 10.5 Å². The number of nitrogens with two attached hydrogens (primary N) is 1. The molecular weight excluding hydrogens is 242 g/mol. The monoisotopic (exact) mass is 267 g/mol. The first-order chi connectivity index (χ1) is 8.49. The van der Waals surface area contributed by atoms with Crippen LogP contribution >= 0.6 is 11.3 Å². The average molecular weight is 267 g/mol. The van der Waals surface area contributed by atoms with Crippen molar-refractivity contribution >= 4 is 11.3 Å². The molecule has 1 aromatic rings. The quantitative estimate of drug-likeness (QED) is 0.890. The second-order valence-electron chi connectivity index (χ2n) is 6.20. The van der Waals surface area contributed by atoms with E-state index in [-0.39, 0.29) is 11.6 Å². The third-order valence-electron chi connectivity index (χ3n) is 4.35. The van der Waals surface area contributed by atoms with Crippen LogP contribution in [-0.4, -0.2) is 12.2 Å². The Morgan fingerprint density at radius 3 is 2.50 bits per heavy atom. The molecule has 2 N–H and O–H groups in total. The molecular formula is C15H25NOS. The third-order valence-corrected chi connectivity index (χ3v) is 5.05. The molecule has 1 aromatic heterocycles. The Balaban J connectivity index is 2.17. The van der Waals surface area contributed by atoms with Gasteiger partial charge in [0.2, 0.25) is 0 Å². The summed E-state index contributed by atoms with van der Waals surface area (Å²) < 4.78 is 6.13.